The number of benzene rings is 1. The van der Waals surface area contributed by atoms with Gasteiger partial charge in [0.1, 0.15) is 5.75 Å². The number of aryl methyl sites for hydroxylation is 1. The molecule has 18 heavy (non-hydrogen) atoms. The van der Waals surface area contributed by atoms with Crippen LogP contribution in [0.4, 0.5) is 0 Å². The van der Waals surface area contributed by atoms with Gasteiger partial charge < -0.3 is 14.8 Å². The number of methoxy groups -OCH3 is 1. The summed E-state index contributed by atoms with van der Waals surface area (Å²) in [5, 5.41) is 2.83. The molecule has 0 aliphatic rings. The molecule has 0 saturated carbocycles. The fourth-order valence-electron chi connectivity index (χ4n) is 1.60. The Kier molecular flexibility index (Phi) is 5.65. The van der Waals surface area contributed by atoms with Gasteiger partial charge in [-0.05, 0) is 38.5 Å². The summed E-state index contributed by atoms with van der Waals surface area (Å²) in [4.78, 5) is 11.8. The third kappa shape index (κ3) is 4.75. The maximum Gasteiger partial charge on any atom is 0.261 e. The first-order valence-corrected chi connectivity index (χ1v) is 6.05. The van der Waals surface area contributed by atoms with E-state index >= 15 is 0 Å². The van der Waals surface area contributed by atoms with E-state index in [0.717, 1.165) is 5.56 Å². The van der Waals surface area contributed by atoms with Gasteiger partial charge in [0.2, 0.25) is 0 Å². The van der Waals surface area contributed by atoms with E-state index in [2.05, 4.69) is 5.32 Å². The molecule has 0 aromatic heterocycles. The number of rotatable bonds is 6. The molecule has 0 fully saturated rings. The van der Waals surface area contributed by atoms with Crippen molar-refractivity contribution in [2.45, 2.75) is 32.9 Å². The van der Waals surface area contributed by atoms with Crippen molar-refractivity contribution < 1.29 is 14.3 Å². The molecular formula is C14H21NO3. The molecule has 0 radical (unpaired) electrons. The summed E-state index contributed by atoms with van der Waals surface area (Å²) in [5.74, 6) is 0.568. The molecule has 0 aliphatic carbocycles. The monoisotopic (exact) mass is 251 g/mol. The Balaban J connectivity index is 2.49. The lowest BCUT2D eigenvalue weighted by Gasteiger charge is -2.18. The first-order chi connectivity index (χ1) is 8.52. The Morgan fingerprint density at radius 3 is 2.72 bits per heavy atom. The van der Waals surface area contributed by atoms with Crippen molar-refractivity contribution in [2.75, 3.05) is 13.7 Å². The van der Waals surface area contributed by atoms with Gasteiger partial charge in [0.05, 0.1) is 6.61 Å². The minimum Gasteiger partial charge on any atom is -0.481 e. The summed E-state index contributed by atoms with van der Waals surface area (Å²) in [7, 11) is 1.61. The van der Waals surface area contributed by atoms with E-state index in [9.17, 15) is 4.79 Å². The topological polar surface area (TPSA) is 47.6 Å². The van der Waals surface area contributed by atoms with Gasteiger partial charge in [-0.1, -0.05) is 12.1 Å². The molecule has 0 aliphatic heterocycles. The van der Waals surface area contributed by atoms with Crippen molar-refractivity contribution in [3.05, 3.63) is 29.8 Å². The number of ether oxygens (including phenoxy) is 2. The number of amides is 1. The second-order valence-corrected chi connectivity index (χ2v) is 4.44. The van der Waals surface area contributed by atoms with Gasteiger partial charge in [0.25, 0.3) is 5.91 Å². The second-order valence-electron chi connectivity index (χ2n) is 4.44. The van der Waals surface area contributed by atoms with Crippen molar-refractivity contribution in [1.82, 2.24) is 5.32 Å². The fraction of sp³-hybridized carbons (Fsp3) is 0.500. The summed E-state index contributed by atoms with van der Waals surface area (Å²) in [6.45, 7) is 6.10. The summed E-state index contributed by atoms with van der Waals surface area (Å²) in [6, 6.07) is 7.62. The van der Waals surface area contributed by atoms with Crippen molar-refractivity contribution in [3.63, 3.8) is 0 Å². The highest BCUT2D eigenvalue weighted by Gasteiger charge is 2.16. The van der Waals surface area contributed by atoms with E-state index in [0.29, 0.717) is 12.4 Å². The zero-order valence-corrected chi connectivity index (χ0v) is 11.4. The average molecular weight is 251 g/mol. The number of hydrogen-bond acceptors (Lipinski definition) is 3. The highest BCUT2D eigenvalue weighted by Crippen LogP contribution is 2.14. The first-order valence-electron chi connectivity index (χ1n) is 6.05. The van der Waals surface area contributed by atoms with E-state index in [4.69, 9.17) is 9.47 Å². The summed E-state index contributed by atoms with van der Waals surface area (Å²) >= 11 is 0. The van der Waals surface area contributed by atoms with E-state index in [-0.39, 0.29) is 11.9 Å². The smallest absolute Gasteiger partial charge is 0.261 e. The number of hydrogen-bond donors (Lipinski definition) is 1. The SMILES string of the molecule is COC[C@@H](C)NC(=O)[C@H](C)Oc1cccc(C)c1. The van der Waals surface area contributed by atoms with Crippen LogP contribution in [0.1, 0.15) is 19.4 Å². The highest BCUT2D eigenvalue weighted by atomic mass is 16.5. The van der Waals surface area contributed by atoms with E-state index in [1.165, 1.54) is 0 Å². The van der Waals surface area contributed by atoms with Crippen LogP contribution in [0.25, 0.3) is 0 Å². The van der Waals surface area contributed by atoms with Crippen LogP contribution in [0, 0.1) is 6.92 Å². The fourth-order valence-corrected chi connectivity index (χ4v) is 1.60. The number of carbonyl (C=O) groups is 1. The zero-order valence-electron chi connectivity index (χ0n) is 11.4. The van der Waals surface area contributed by atoms with Crippen LogP contribution < -0.4 is 10.1 Å². The van der Waals surface area contributed by atoms with E-state index in [1.54, 1.807) is 14.0 Å². The largest absolute Gasteiger partial charge is 0.481 e. The molecule has 1 aromatic carbocycles. The van der Waals surface area contributed by atoms with Crippen LogP contribution >= 0.6 is 0 Å². The van der Waals surface area contributed by atoms with Gasteiger partial charge in [-0.25, -0.2) is 0 Å². The molecule has 1 aromatic rings. The molecule has 1 amide bonds. The zero-order chi connectivity index (χ0) is 13.5. The molecule has 0 bridgehead atoms. The van der Waals surface area contributed by atoms with Gasteiger partial charge in [0.15, 0.2) is 6.10 Å². The van der Waals surface area contributed by atoms with Gasteiger partial charge in [-0.15, -0.1) is 0 Å². The minimum absolute atomic E-state index is 0.0222. The van der Waals surface area contributed by atoms with E-state index < -0.39 is 6.10 Å². The Hall–Kier alpha value is -1.55. The van der Waals surface area contributed by atoms with Crippen LogP contribution in [0.5, 0.6) is 5.75 Å². The van der Waals surface area contributed by atoms with Crippen LogP contribution in [0.3, 0.4) is 0 Å². The maximum atomic E-state index is 11.8. The summed E-state index contributed by atoms with van der Waals surface area (Å²) in [5.41, 5.74) is 1.10. The molecule has 1 N–H and O–H groups in total. The van der Waals surface area contributed by atoms with Crippen LogP contribution in [0.15, 0.2) is 24.3 Å². The second kappa shape index (κ2) is 7.01. The molecule has 100 valence electrons. The van der Waals surface area contributed by atoms with Gasteiger partial charge in [-0.2, -0.15) is 0 Å². The lowest BCUT2D eigenvalue weighted by Crippen LogP contribution is -2.43. The first kappa shape index (κ1) is 14.5. The molecular weight excluding hydrogens is 230 g/mol. The molecule has 0 spiro atoms. The van der Waals surface area contributed by atoms with Crippen LogP contribution in [0.2, 0.25) is 0 Å². The lowest BCUT2D eigenvalue weighted by atomic mass is 10.2. The van der Waals surface area contributed by atoms with Crippen molar-refractivity contribution in [2.24, 2.45) is 0 Å². The summed E-state index contributed by atoms with van der Waals surface area (Å²) < 4.78 is 10.5. The lowest BCUT2D eigenvalue weighted by molar-refractivity contribution is -0.128. The summed E-state index contributed by atoms with van der Waals surface area (Å²) in [6.07, 6.45) is -0.522. The maximum absolute atomic E-state index is 11.8. The van der Waals surface area contributed by atoms with Gasteiger partial charge in [0, 0.05) is 13.2 Å². The minimum atomic E-state index is -0.522. The molecule has 1 rings (SSSR count). The van der Waals surface area contributed by atoms with Crippen LogP contribution in [-0.2, 0) is 9.53 Å². The number of carbonyl (C=O) groups excluding carboxylic acids is 1. The Morgan fingerprint density at radius 1 is 1.39 bits per heavy atom. The highest BCUT2D eigenvalue weighted by molar-refractivity contribution is 5.80. The van der Waals surface area contributed by atoms with E-state index in [1.807, 2.05) is 38.1 Å². The van der Waals surface area contributed by atoms with Gasteiger partial charge >= 0.3 is 0 Å². The molecule has 0 unspecified atom stereocenters. The molecule has 4 heteroatoms. The molecule has 0 saturated heterocycles. The third-order valence-electron chi connectivity index (χ3n) is 2.48. The van der Waals surface area contributed by atoms with Crippen molar-refractivity contribution >= 4 is 5.91 Å². The van der Waals surface area contributed by atoms with Crippen molar-refractivity contribution in [1.29, 1.82) is 0 Å². The number of nitrogens with one attached hydrogen (secondary N) is 1. The molecule has 2 atom stereocenters. The van der Waals surface area contributed by atoms with Gasteiger partial charge in [-0.3, -0.25) is 4.79 Å². The predicted molar refractivity (Wildman–Crippen MR) is 70.7 cm³/mol. The van der Waals surface area contributed by atoms with Crippen LogP contribution in [-0.4, -0.2) is 31.8 Å². The predicted octanol–water partition coefficient (Wildman–Crippen LogP) is 1.91. The third-order valence-corrected chi connectivity index (χ3v) is 2.48. The Labute approximate surface area is 108 Å². The Bertz CT molecular complexity index is 392. The standard InChI is InChI=1S/C14H21NO3/c1-10-6-5-7-13(8-10)18-12(3)14(16)15-11(2)9-17-4/h5-8,11-12H,9H2,1-4H3,(H,15,16)/t11-,12+/m1/s1. The Morgan fingerprint density at radius 2 is 2.11 bits per heavy atom. The molecule has 4 nitrogen and oxygen atoms in total. The average Bonchev–Trinajstić information content (AvgIpc) is 2.29. The quantitative estimate of drug-likeness (QED) is 0.840. The normalized spacial score (nSPS) is 13.8. The van der Waals surface area contributed by atoms with Crippen molar-refractivity contribution in [3.8, 4) is 5.75 Å². The molecule has 0 heterocycles.